The minimum Gasteiger partial charge on any atom is -0.493 e. The molecular formula is C19H25N5O4. The summed E-state index contributed by atoms with van der Waals surface area (Å²) in [4.78, 5) is 22.4. The molecule has 3 heterocycles. The Morgan fingerprint density at radius 2 is 2.11 bits per heavy atom. The summed E-state index contributed by atoms with van der Waals surface area (Å²) in [6.45, 7) is -11.3. The predicted octanol–water partition coefficient (Wildman–Crippen LogP) is 1.06. The second-order valence-corrected chi connectivity index (χ2v) is 5.58. The number of rotatable bonds is 5. The van der Waals surface area contributed by atoms with Crippen LogP contribution in [0.1, 0.15) is 34.7 Å². The van der Waals surface area contributed by atoms with Crippen LogP contribution in [-0.2, 0) is 9.53 Å². The van der Waals surface area contributed by atoms with Crippen molar-refractivity contribution in [3.8, 4) is 11.5 Å². The Morgan fingerprint density at radius 3 is 2.79 bits per heavy atom. The molecule has 0 saturated carbocycles. The molecule has 0 radical (unpaired) electrons. The lowest BCUT2D eigenvalue weighted by Crippen LogP contribution is -2.51. The van der Waals surface area contributed by atoms with Crippen molar-refractivity contribution < 1.29 is 43.8 Å². The molecule has 1 aromatic carbocycles. The van der Waals surface area contributed by atoms with Crippen molar-refractivity contribution in [1.29, 1.82) is 0 Å². The molecule has 9 nitrogen and oxygen atoms in total. The molecule has 1 atom stereocenters. The Hall–Kier alpha value is -2.81. The van der Waals surface area contributed by atoms with Crippen LogP contribution in [0.5, 0.6) is 11.5 Å². The monoisotopic (exact) mass is 405 g/mol. The van der Waals surface area contributed by atoms with Crippen LogP contribution in [0.25, 0.3) is 10.9 Å². The molecule has 0 spiro atoms. The summed E-state index contributed by atoms with van der Waals surface area (Å²) in [5.74, 6) is -4.12. The predicted molar refractivity (Wildman–Crippen MR) is 105 cm³/mol. The van der Waals surface area contributed by atoms with Crippen molar-refractivity contribution >= 4 is 28.6 Å². The molecule has 2 fully saturated rings. The fourth-order valence-corrected chi connectivity index (χ4v) is 2.57. The maximum Gasteiger partial charge on any atom is 0.251 e. The van der Waals surface area contributed by atoms with Crippen molar-refractivity contribution in [3.05, 3.63) is 12.1 Å². The van der Waals surface area contributed by atoms with Crippen molar-refractivity contribution in [2.24, 2.45) is 0 Å². The van der Waals surface area contributed by atoms with Gasteiger partial charge in [-0.2, -0.15) is 4.98 Å². The van der Waals surface area contributed by atoms with Crippen LogP contribution in [0, 0.1) is 0 Å². The van der Waals surface area contributed by atoms with E-state index in [1.807, 2.05) is 0 Å². The number of nitrogen functional groups attached to an aromatic ring is 1. The van der Waals surface area contributed by atoms with Crippen LogP contribution in [0.4, 0.5) is 11.8 Å². The lowest BCUT2D eigenvalue weighted by molar-refractivity contribution is -0.141. The van der Waals surface area contributed by atoms with E-state index in [2.05, 4.69) is 9.97 Å². The summed E-state index contributed by atoms with van der Waals surface area (Å²) < 4.78 is 156. The molecule has 2 saturated heterocycles. The van der Waals surface area contributed by atoms with E-state index in [1.54, 1.807) is 0 Å². The maximum absolute atomic E-state index is 13.4. The van der Waals surface area contributed by atoms with Gasteiger partial charge in [-0.1, -0.05) is 0 Å². The van der Waals surface area contributed by atoms with Gasteiger partial charge in [-0.05, 0) is 18.8 Å². The second kappa shape index (κ2) is 7.67. The van der Waals surface area contributed by atoms with Gasteiger partial charge in [0, 0.05) is 49.6 Å². The van der Waals surface area contributed by atoms with Crippen LogP contribution in [0.3, 0.4) is 0 Å². The van der Waals surface area contributed by atoms with Gasteiger partial charge >= 0.3 is 0 Å². The second-order valence-electron chi connectivity index (χ2n) is 5.58. The Morgan fingerprint density at radius 1 is 1.32 bits per heavy atom. The molecule has 28 heavy (non-hydrogen) atoms. The highest BCUT2D eigenvalue weighted by atomic mass is 16.5. The summed E-state index contributed by atoms with van der Waals surface area (Å²) in [5, 5.41) is -0.227. The number of amides is 1. The molecular weight excluding hydrogens is 362 g/mol. The quantitative estimate of drug-likeness (QED) is 0.788. The first-order valence-corrected chi connectivity index (χ1v) is 7.79. The van der Waals surface area contributed by atoms with Gasteiger partial charge in [0.2, 0.25) is 5.95 Å². The Kier molecular flexibility index (Phi) is 1.89. The highest BCUT2D eigenvalue weighted by molar-refractivity contribution is 5.91. The fraction of sp³-hybridized carbons (Fsp3) is 0.526. The molecule has 2 aromatic rings. The smallest absolute Gasteiger partial charge is 0.251 e. The Bertz CT molecular complexity index is 1510. The zero-order chi connectivity index (χ0) is 35.2. The van der Waals surface area contributed by atoms with Crippen molar-refractivity contribution in [3.63, 3.8) is 0 Å². The summed E-state index contributed by atoms with van der Waals surface area (Å²) >= 11 is 0. The third-order valence-corrected chi connectivity index (χ3v) is 3.95. The van der Waals surface area contributed by atoms with Crippen LogP contribution in [0.2, 0.25) is 2.82 Å². The highest BCUT2D eigenvalue weighted by Gasteiger charge is 2.31. The van der Waals surface area contributed by atoms with Crippen LogP contribution in [-0.4, -0.2) is 73.6 Å². The van der Waals surface area contributed by atoms with Gasteiger partial charge < -0.3 is 29.7 Å². The number of aromatic nitrogens is 2. The van der Waals surface area contributed by atoms with Gasteiger partial charge in [-0.25, -0.2) is 4.98 Å². The summed E-state index contributed by atoms with van der Waals surface area (Å²) in [7, 11) is -6.20. The number of methoxy groups -OCH3 is 2. The number of piperazine rings is 1. The van der Waals surface area contributed by atoms with E-state index in [1.165, 1.54) is 0 Å². The van der Waals surface area contributed by atoms with Gasteiger partial charge in [0.25, 0.3) is 5.91 Å². The largest absolute Gasteiger partial charge is 0.493 e. The first-order chi connectivity index (χ1) is 20.5. The van der Waals surface area contributed by atoms with E-state index in [-0.39, 0.29) is 21.5 Å². The third-order valence-electron chi connectivity index (χ3n) is 3.95. The molecule has 150 valence electrons. The van der Waals surface area contributed by atoms with E-state index in [9.17, 15) is 4.79 Å². The van der Waals surface area contributed by atoms with Gasteiger partial charge in [0.1, 0.15) is 11.9 Å². The maximum atomic E-state index is 13.4. The number of carbonyl (C=O) groups is 1. The molecule has 4 rings (SSSR count). The molecule has 1 aromatic heterocycles. The summed E-state index contributed by atoms with van der Waals surface area (Å²) in [6.07, 6.45) is -9.32. The summed E-state index contributed by atoms with van der Waals surface area (Å²) in [5.41, 5.74) is -0.320. The SMILES string of the molecule is [2H]N([2H])c1nc(N2CC([2H])([2H])N(C(=O)C3OC([2H])([2H])C([2H])([2H])C3([2H])[2H])C([2H])([2H])C2)nc2cc(OC([2H])([2H])[2H])c(OC([2H])([2H])[2H])cc12. The zero-order valence-electron chi connectivity index (χ0n) is 32.0. The average Bonchev–Trinajstić information content (AvgIpc) is 2.95. The number of carbonyl (C=O) groups excluding carboxylic acids is 1. The van der Waals surface area contributed by atoms with E-state index >= 15 is 0 Å². The first kappa shape index (κ1) is 6.91. The van der Waals surface area contributed by atoms with Crippen LogP contribution < -0.4 is 20.1 Å². The number of anilines is 2. The molecule has 2 aliphatic heterocycles. The number of nitrogens with zero attached hydrogens (tertiary/aromatic N) is 4. The minimum absolute atomic E-state index is 0.0274. The minimum atomic E-state index is -3.38. The first-order valence-electron chi connectivity index (χ1n) is 16.7. The molecule has 9 heteroatoms. The molecule has 0 aliphatic carbocycles. The molecule has 2 aliphatic rings. The van der Waals surface area contributed by atoms with Crippen LogP contribution in [0.15, 0.2) is 12.1 Å². The third kappa shape index (κ3) is 3.37. The Labute approximate surface area is 188 Å². The number of hydrogen-bond acceptors (Lipinski definition) is 8. The number of nitrogens with two attached hydrogens (primary N) is 1. The number of hydrogen-bond donors (Lipinski definition) is 1. The lowest BCUT2D eigenvalue weighted by atomic mass is 10.2. The van der Waals surface area contributed by atoms with Crippen molar-refractivity contribution in [1.82, 2.24) is 14.9 Å². The number of ether oxygens (including phenoxy) is 3. The van der Waals surface area contributed by atoms with Gasteiger partial charge in [0.05, 0.1) is 36.0 Å². The van der Waals surface area contributed by atoms with Crippen molar-refractivity contribution in [2.75, 3.05) is 57.3 Å². The highest BCUT2D eigenvalue weighted by Crippen LogP contribution is 2.34. The molecule has 2 N–H and O–H groups in total. The molecule has 1 unspecified atom stereocenters. The van der Waals surface area contributed by atoms with Gasteiger partial charge in [-0.15, -0.1) is 0 Å². The van der Waals surface area contributed by atoms with Gasteiger partial charge in [0.15, 0.2) is 14.3 Å². The van der Waals surface area contributed by atoms with Gasteiger partial charge in [-0.3, -0.25) is 4.79 Å². The fourth-order valence-electron chi connectivity index (χ4n) is 2.57. The van der Waals surface area contributed by atoms with Crippen molar-refractivity contribution in [2.45, 2.75) is 18.8 Å². The van der Waals surface area contributed by atoms with Crippen LogP contribution >= 0.6 is 0 Å². The Balaban J connectivity index is 1.78. The van der Waals surface area contributed by atoms with E-state index in [0.29, 0.717) is 0 Å². The lowest BCUT2D eigenvalue weighted by Gasteiger charge is -2.35. The number of fused-ring (bicyclic) bond motifs is 1. The molecule has 0 bridgehead atoms. The van der Waals surface area contributed by atoms with E-state index in [0.717, 1.165) is 17.0 Å². The standard InChI is InChI=1S/C19H25N5O4/c1-26-15-10-12-13(11-16(15)27-2)21-19(22-17(12)20)24-7-5-23(6-8-24)18(25)14-4-3-9-28-14/h10-11,14H,3-9H2,1-2H3,(H2,20,21,22)/i1D3,2D3,3D2,4D2,5D2,6D2,9D2/hD2. The summed E-state index contributed by atoms with van der Waals surface area (Å²) in [6, 6.07) is 1.80. The molecule has 1 amide bonds. The topological polar surface area (TPSA) is 103 Å². The number of benzene rings is 1. The zero-order valence-corrected chi connectivity index (χ0v) is 14.0. The van der Waals surface area contributed by atoms with E-state index in [4.69, 9.17) is 39.0 Å². The van der Waals surface area contributed by atoms with E-state index < -0.39 is 94.7 Å². The normalized spacial score (nSPS) is 39.1. The average molecular weight is 406 g/mol.